The molecular weight excluding hydrogens is 280 g/mol. The minimum absolute atomic E-state index is 0.00357. The Balaban J connectivity index is 2.08. The summed E-state index contributed by atoms with van der Waals surface area (Å²) < 4.78 is 6.17. The van der Waals surface area contributed by atoms with Gasteiger partial charge in [0.1, 0.15) is 28.6 Å². The van der Waals surface area contributed by atoms with Crippen molar-refractivity contribution in [2.75, 3.05) is 0 Å². The zero-order chi connectivity index (χ0) is 15.7. The molecule has 0 bridgehead atoms. The van der Waals surface area contributed by atoms with Crippen LogP contribution in [0.25, 0.3) is 0 Å². The maximum atomic E-state index is 10.2. The van der Waals surface area contributed by atoms with Crippen molar-refractivity contribution in [2.45, 2.75) is 24.9 Å². The van der Waals surface area contributed by atoms with Crippen molar-refractivity contribution in [3.63, 3.8) is 0 Å². The Morgan fingerprint density at radius 2 is 1.82 bits per heavy atom. The molecule has 4 nitrogen and oxygen atoms in total. The fourth-order valence-corrected chi connectivity index (χ4v) is 3.02. The largest absolute Gasteiger partial charge is 0.508 e. The highest BCUT2D eigenvalue weighted by Crippen LogP contribution is 2.46. The Labute approximate surface area is 128 Å². The first-order valence-electron chi connectivity index (χ1n) is 7.18. The molecule has 0 aliphatic carbocycles. The van der Waals surface area contributed by atoms with Gasteiger partial charge in [-0.2, -0.15) is 0 Å². The summed E-state index contributed by atoms with van der Waals surface area (Å²) in [5.41, 5.74) is 0.885. The first-order chi connectivity index (χ1) is 10.5. The molecule has 2 aromatic carbocycles. The molecule has 3 N–H and O–H groups in total. The van der Waals surface area contributed by atoms with Gasteiger partial charge in [-0.15, -0.1) is 6.58 Å². The number of phenols is 3. The molecule has 2 aromatic rings. The van der Waals surface area contributed by atoms with E-state index in [4.69, 9.17) is 4.74 Å². The molecule has 1 heterocycles. The number of fused-ring (bicyclic) bond motifs is 1. The summed E-state index contributed by atoms with van der Waals surface area (Å²) in [6, 6.07) is 9.58. The third-order valence-corrected chi connectivity index (χ3v) is 4.10. The van der Waals surface area contributed by atoms with Crippen LogP contribution in [0.4, 0.5) is 0 Å². The van der Waals surface area contributed by atoms with Crippen molar-refractivity contribution in [2.24, 2.45) is 0 Å². The second-order valence-corrected chi connectivity index (χ2v) is 5.58. The molecule has 0 fully saturated rings. The normalized spacial score (nSPS) is 20.0. The van der Waals surface area contributed by atoms with Crippen LogP contribution in [0, 0.1) is 0 Å². The minimum Gasteiger partial charge on any atom is -0.508 e. The molecule has 0 radical (unpaired) electrons. The number of ether oxygens (including phenoxy) is 1. The van der Waals surface area contributed by atoms with Gasteiger partial charge < -0.3 is 20.1 Å². The lowest BCUT2D eigenvalue weighted by atomic mass is 9.82. The number of phenolic OH excluding ortho intramolecular Hbond substituents is 3. The van der Waals surface area contributed by atoms with Crippen LogP contribution in [0.1, 0.15) is 24.0 Å². The SMILES string of the molecule is C=CCC1(c2ccc(O)cc2O)CCc2ccc(O)cc2O1. The van der Waals surface area contributed by atoms with Crippen molar-refractivity contribution in [1.82, 2.24) is 0 Å². The van der Waals surface area contributed by atoms with Crippen LogP contribution < -0.4 is 4.74 Å². The van der Waals surface area contributed by atoms with Gasteiger partial charge in [0.25, 0.3) is 0 Å². The van der Waals surface area contributed by atoms with Crippen LogP contribution >= 0.6 is 0 Å². The van der Waals surface area contributed by atoms with E-state index in [0.717, 1.165) is 12.0 Å². The van der Waals surface area contributed by atoms with E-state index in [-0.39, 0.29) is 17.2 Å². The summed E-state index contributed by atoms with van der Waals surface area (Å²) in [6.45, 7) is 3.79. The summed E-state index contributed by atoms with van der Waals surface area (Å²) in [4.78, 5) is 0. The number of benzene rings is 2. The molecule has 0 aromatic heterocycles. The van der Waals surface area contributed by atoms with E-state index in [1.807, 2.05) is 6.07 Å². The van der Waals surface area contributed by atoms with E-state index in [0.29, 0.717) is 24.2 Å². The van der Waals surface area contributed by atoms with Gasteiger partial charge in [-0.1, -0.05) is 12.1 Å². The highest BCUT2D eigenvalue weighted by atomic mass is 16.5. The summed E-state index contributed by atoms with van der Waals surface area (Å²) >= 11 is 0. The molecule has 22 heavy (non-hydrogen) atoms. The Morgan fingerprint density at radius 3 is 2.55 bits per heavy atom. The molecule has 0 spiro atoms. The quantitative estimate of drug-likeness (QED) is 0.757. The highest BCUT2D eigenvalue weighted by Gasteiger charge is 2.39. The second-order valence-electron chi connectivity index (χ2n) is 5.58. The number of rotatable bonds is 3. The number of hydrogen-bond donors (Lipinski definition) is 3. The molecule has 0 saturated carbocycles. The van der Waals surface area contributed by atoms with Gasteiger partial charge in [-0.25, -0.2) is 0 Å². The van der Waals surface area contributed by atoms with Crippen LogP contribution in [-0.2, 0) is 12.0 Å². The third kappa shape index (κ3) is 2.37. The van der Waals surface area contributed by atoms with Crippen molar-refractivity contribution < 1.29 is 20.1 Å². The Morgan fingerprint density at radius 1 is 1.09 bits per heavy atom. The third-order valence-electron chi connectivity index (χ3n) is 4.10. The van der Waals surface area contributed by atoms with E-state index in [2.05, 4.69) is 6.58 Å². The summed E-state index contributed by atoms with van der Waals surface area (Å²) in [6.07, 6.45) is 3.71. The first-order valence-corrected chi connectivity index (χ1v) is 7.18. The van der Waals surface area contributed by atoms with Crippen molar-refractivity contribution in [3.8, 4) is 23.0 Å². The smallest absolute Gasteiger partial charge is 0.141 e. The van der Waals surface area contributed by atoms with E-state index >= 15 is 0 Å². The van der Waals surface area contributed by atoms with Crippen LogP contribution in [-0.4, -0.2) is 15.3 Å². The van der Waals surface area contributed by atoms with Crippen LogP contribution in [0.3, 0.4) is 0 Å². The average molecular weight is 298 g/mol. The first kappa shape index (κ1) is 14.3. The number of hydrogen-bond acceptors (Lipinski definition) is 4. The lowest BCUT2D eigenvalue weighted by Crippen LogP contribution is -2.36. The second kappa shape index (κ2) is 5.30. The van der Waals surface area contributed by atoms with Crippen LogP contribution in [0.15, 0.2) is 49.1 Å². The number of aryl methyl sites for hydroxylation is 1. The van der Waals surface area contributed by atoms with E-state index in [1.165, 1.54) is 12.1 Å². The van der Waals surface area contributed by atoms with E-state index < -0.39 is 5.60 Å². The predicted molar refractivity (Wildman–Crippen MR) is 83.3 cm³/mol. The maximum Gasteiger partial charge on any atom is 0.141 e. The monoisotopic (exact) mass is 298 g/mol. The Hall–Kier alpha value is -2.62. The molecule has 1 atom stereocenters. The Bertz CT molecular complexity index is 723. The van der Waals surface area contributed by atoms with Gasteiger partial charge in [-0.3, -0.25) is 0 Å². The summed E-state index contributed by atoms with van der Waals surface area (Å²) in [5, 5.41) is 29.4. The molecule has 0 saturated heterocycles. The van der Waals surface area contributed by atoms with Crippen LogP contribution in [0.5, 0.6) is 23.0 Å². The minimum atomic E-state index is -0.750. The molecule has 1 aliphatic rings. The molecule has 1 unspecified atom stereocenters. The standard InChI is InChI=1S/C18H18O4/c1-2-8-18(15-6-5-13(19)10-16(15)21)9-7-12-3-4-14(20)11-17(12)22-18/h2-6,10-11,19-21H,1,7-9H2. The van der Waals surface area contributed by atoms with Crippen molar-refractivity contribution in [1.29, 1.82) is 0 Å². The Kier molecular flexibility index (Phi) is 3.45. The lowest BCUT2D eigenvalue weighted by Gasteiger charge is -2.39. The highest BCUT2D eigenvalue weighted by molar-refractivity contribution is 5.47. The maximum absolute atomic E-state index is 10.2. The predicted octanol–water partition coefficient (Wildman–Crippen LogP) is 3.60. The molecule has 4 heteroatoms. The zero-order valence-electron chi connectivity index (χ0n) is 12.1. The molecule has 0 amide bonds. The molecule has 1 aliphatic heterocycles. The van der Waals surface area contributed by atoms with Gasteiger partial charge in [0, 0.05) is 24.1 Å². The van der Waals surface area contributed by atoms with Gasteiger partial charge >= 0.3 is 0 Å². The molecular formula is C18H18O4. The summed E-state index contributed by atoms with van der Waals surface area (Å²) in [7, 11) is 0. The van der Waals surface area contributed by atoms with Crippen LogP contribution in [0.2, 0.25) is 0 Å². The van der Waals surface area contributed by atoms with Crippen molar-refractivity contribution in [3.05, 3.63) is 60.2 Å². The molecule has 3 rings (SSSR count). The lowest BCUT2D eigenvalue weighted by molar-refractivity contribution is 0.0431. The van der Waals surface area contributed by atoms with Gasteiger partial charge in [0.05, 0.1) is 0 Å². The van der Waals surface area contributed by atoms with E-state index in [9.17, 15) is 15.3 Å². The van der Waals surface area contributed by atoms with Gasteiger partial charge in [0.2, 0.25) is 0 Å². The fourth-order valence-electron chi connectivity index (χ4n) is 3.02. The topological polar surface area (TPSA) is 69.9 Å². The average Bonchev–Trinajstić information content (AvgIpc) is 2.47. The fraction of sp³-hybridized carbons (Fsp3) is 0.222. The zero-order valence-corrected chi connectivity index (χ0v) is 12.1. The van der Waals surface area contributed by atoms with E-state index in [1.54, 1.807) is 24.3 Å². The number of aromatic hydroxyl groups is 3. The van der Waals surface area contributed by atoms with Crippen molar-refractivity contribution >= 4 is 0 Å². The molecule has 114 valence electrons. The van der Waals surface area contributed by atoms with Gasteiger partial charge in [-0.05, 0) is 36.6 Å². The summed E-state index contributed by atoms with van der Waals surface area (Å²) in [5.74, 6) is 0.748. The van der Waals surface area contributed by atoms with Gasteiger partial charge in [0.15, 0.2) is 0 Å².